The quantitative estimate of drug-likeness (QED) is 0.692. The maximum atomic E-state index is 13.0. The molecule has 1 saturated carbocycles. The number of rotatable bonds is 5. The fraction of sp³-hybridized carbons (Fsp3) is 0.591. The summed E-state index contributed by atoms with van der Waals surface area (Å²) in [7, 11) is -2.48. The van der Waals surface area contributed by atoms with Crippen molar-refractivity contribution < 1.29 is 22.7 Å². The SMILES string of the molecule is COC(=O)C1(NC(=O)C2CCN(S(=O)(=O)c3ccccc3C#N)CC2)CCC(C)CC1. The molecule has 0 radical (unpaired) electrons. The minimum absolute atomic E-state index is 0.0126. The lowest BCUT2D eigenvalue weighted by Crippen LogP contribution is -2.58. The molecule has 168 valence electrons. The van der Waals surface area contributed by atoms with Crippen LogP contribution in [0.5, 0.6) is 0 Å². The van der Waals surface area contributed by atoms with Gasteiger partial charge in [0.15, 0.2) is 0 Å². The summed E-state index contributed by atoms with van der Waals surface area (Å²) in [6, 6.07) is 8.04. The van der Waals surface area contributed by atoms with E-state index in [1.807, 2.05) is 6.07 Å². The highest BCUT2D eigenvalue weighted by molar-refractivity contribution is 7.89. The van der Waals surface area contributed by atoms with E-state index in [2.05, 4.69) is 12.2 Å². The summed E-state index contributed by atoms with van der Waals surface area (Å²) in [6.07, 6.45) is 3.48. The van der Waals surface area contributed by atoms with Crippen molar-refractivity contribution in [2.75, 3.05) is 20.2 Å². The first kappa shape index (κ1) is 23.2. The zero-order valence-corrected chi connectivity index (χ0v) is 18.8. The molecular formula is C22H29N3O5S. The van der Waals surface area contributed by atoms with Crippen LogP contribution in [-0.4, -0.2) is 50.3 Å². The van der Waals surface area contributed by atoms with Crippen LogP contribution in [0, 0.1) is 23.2 Å². The number of benzene rings is 1. The Bertz CT molecular complexity index is 969. The highest BCUT2D eigenvalue weighted by atomic mass is 32.2. The Balaban J connectivity index is 1.67. The molecule has 9 heteroatoms. The van der Waals surface area contributed by atoms with E-state index in [0.717, 1.165) is 12.8 Å². The average Bonchev–Trinajstić information content (AvgIpc) is 2.80. The van der Waals surface area contributed by atoms with Crippen LogP contribution in [0.3, 0.4) is 0 Å². The van der Waals surface area contributed by atoms with Crippen LogP contribution in [-0.2, 0) is 24.3 Å². The number of nitrogens with one attached hydrogen (secondary N) is 1. The highest BCUT2D eigenvalue weighted by Gasteiger charge is 2.45. The average molecular weight is 448 g/mol. The molecule has 0 unspecified atom stereocenters. The first-order valence-electron chi connectivity index (χ1n) is 10.6. The number of carbonyl (C=O) groups excluding carboxylic acids is 2. The number of nitriles is 1. The maximum absolute atomic E-state index is 13.0. The predicted octanol–water partition coefficient (Wildman–Crippen LogP) is 2.20. The van der Waals surface area contributed by atoms with Crippen LogP contribution in [0.1, 0.15) is 51.0 Å². The second kappa shape index (κ2) is 9.37. The Morgan fingerprint density at radius 1 is 1.16 bits per heavy atom. The van der Waals surface area contributed by atoms with Gasteiger partial charge in [0, 0.05) is 19.0 Å². The second-order valence-electron chi connectivity index (χ2n) is 8.53. The fourth-order valence-corrected chi connectivity index (χ4v) is 6.06. The molecule has 1 saturated heterocycles. The largest absolute Gasteiger partial charge is 0.467 e. The Hall–Kier alpha value is -2.44. The minimum Gasteiger partial charge on any atom is -0.467 e. The molecule has 8 nitrogen and oxygen atoms in total. The van der Waals surface area contributed by atoms with Crippen molar-refractivity contribution in [1.82, 2.24) is 9.62 Å². The van der Waals surface area contributed by atoms with Crippen molar-refractivity contribution >= 4 is 21.9 Å². The van der Waals surface area contributed by atoms with Crippen molar-refractivity contribution in [2.24, 2.45) is 11.8 Å². The molecule has 2 aliphatic rings. The summed E-state index contributed by atoms with van der Waals surface area (Å²) in [5.41, 5.74) is -0.887. The number of hydrogen-bond acceptors (Lipinski definition) is 6. The lowest BCUT2D eigenvalue weighted by atomic mass is 9.76. The number of esters is 1. The maximum Gasteiger partial charge on any atom is 0.331 e. The second-order valence-corrected chi connectivity index (χ2v) is 10.4. The standard InChI is InChI=1S/C22H29N3O5S/c1-16-7-11-22(12-8-16,21(27)30-2)24-20(26)17-9-13-25(14-10-17)31(28,29)19-6-4-3-5-18(19)15-23/h3-6,16-17H,7-14H2,1-2H3,(H,24,26). The number of piperidine rings is 1. The van der Waals surface area contributed by atoms with Crippen LogP contribution >= 0.6 is 0 Å². The molecule has 31 heavy (non-hydrogen) atoms. The molecule has 0 aromatic heterocycles. The number of methoxy groups -OCH3 is 1. The van der Waals surface area contributed by atoms with Gasteiger partial charge in [0.25, 0.3) is 0 Å². The molecule has 1 aromatic carbocycles. The number of amides is 1. The Labute approximate surface area is 183 Å². The van der Waals surface area contributed by atoms with Crippen LogP contribution in [0.4, 0.5) is 0 Å². The van der Waals surface area contributed by atoms with Gasteiger partial charge in [-0.1, -0.05) is 19.1 Å². The van der Waals surface area contributed by atoms with Gasteiger partial charge in [-0.05, 0) is 56.6 Å². The van der Waals surface area contributed by atoms with Crippen LogP contribution in [0.25, 0.3) is 0 Å². The van der Waals surface area contributed by atoms with Gasteiger partial charge in [-0.15, -0.1) is 0 Å². The summed E-state index contributed by atoms with van der Waals surface area (Å²) in [4.78, 5) is 25.4. The molecule has 1 heterocycles. The van der Waals surface area contributed by atoms with Gasteiger partial charge >= 0.3 is 5.97 Å². The lowest BCUT2D eigenvalue weighted by molar-refractivity contribution is -0.153. The van der Waals surface area contributed by atoms with Gasteiger partial charge in [0.05, 0.1) is 17.6 Å². The summed E-state index contributed by atoms with van der Waals surface area (Å²) in [5, 5.41) is 12.2. The zero-order valence-electron chi connectivity index (χ0n) is 18.0. The summed E-state index contributed by atoms with van der Waals surface area (Å²) >= 11 is 0. The number of sulfonamides is 1. The molecule has 0 bridgehead atoms. The van der Waals surface area contributed by atoms with Crippen molar-refractivity contribution in [3.63, 3.8) is 0 Å². The molecule has 0 atom stereocenters. The van der Waals surface area contributed by atoms with Crippen molar-refractivity contribution in [3.05, 3.63) is 29.8 Å². The monoisotopic (exact) mass is 447 g/mol. The molecule has 2 fully saturated rings. The third-order valence-corrected chi connectivity index (χ3v) is 8.47. The van der Waals surface area contributed by atoms with Gasteiger partial charge in [-0.25, -0.2) is 13.2 Å². The lowest BCUT2D eigenvalue weighted by Gasteiger charge is -2.39. The first-order chi connectivity index (χ1) is 14.7. The van der Waals surface area contributed by atoms with E-state index in [-0.39, 0.29) is 35.4 Å². The van der Waals surface area contributed by atoms with Gasteiger partial charge in [0.1, 0.15) is 11.6 Å². The highest BCUT2D eigenvalue weighted by Crippen LogP contribution is 2.34. The number of ether oxygens (including phenoxy) is 1. The topological polar surface area (TPSA) is 117 Å². The van der Waals surface area contributed by atoms with E-state index in [0.29, 0.717) is 31.6 Å². The van der Waals surface area contributed by atoms with Crippen LogP contribution in [0.15, 0.2) is 29.2 Å². The molecule has 1 aliphatic carbocycles. The fourth-order valence-electron chi connectivity index (χ4n) is 4.45. The Morgan fingerprint density at radius 2 is 1.77 bits per heavy atom. The van der Waals surface area contributed by atoms with E-state index in [4.69, 9.17) is 4.74 Å². The minimum atomic E-state index is -3.81. The van der Waals surface area contributed by atoms with E-state index < -0.39 is 21.5 Å². The molecule has 1 amide bonds. The normalized spacial score (nSPS) is 25.4. The van der Waals surface area contributed by atoms with Gasteiger partial charge in [0.2, 0.25) is 15.9 Å². The number of nitrogens with zero attached hydrogens (tertiary/aromatic N) is 2. The van der Waals surface area contributed by atoms with Crippen molar-refractivity contribution in [1.29, 1.82) is 5.26 Å². The van der Waals surface area contributed by atoms with E-state index in [1.165, 1.54) is 23.5 Å². The first-order valence-corrected chi connectivity index (χ1v) is 12.1. The summed E-state index contributed by atoms with van der Waals surface area (Å²) in [5.74, 6) is -0.520. The third-order valence-electron chi connectivity index (χ3n) is 6.52. The molecule has 1 aromatic rings. The summed E-state index contributed by atoms with van der Waals surface area (Å²) < 4.78 is 32.3. The zero-order chi connectivity index (χ0) is 22.6. The van der Waals surface area contributed by atoms with Crippen LogP contribution < -0.4 is 5.32 Å². The van der Waals surface area contributed by atoms with Crippen molar-refractivity contribution in [2.45, 2.75) is 55.9 Å². The predicted molar refractivity (Wildman–Crippen MR) is 113 cm³/mol. The van der Waals surface area contributed by atoms with E-state index >= 15 is 0 Å². The summed E-state index contributed by atoms with van der Waals surface area (Å²) in [6.45, 7) is 2.49. The third kappa shape index (κ3) is 4.75. The number of hydrogen-bond donors (Lipinski definition) is 1. The van der Waals surface area contributed by atoms with Gasteiger partial charge in [-0.2, -0.15) is 9.57 Å². The molecule has 0 spiro atoms. The Kier molecular flexibility index (Phi) is 7.02. The molecular weight excluding hydrogens is 418 g/mol. The van der Waals surface area contributed by atoms with Crippen LogP contribution in [0.2, 0.25) is 0 Å². The molecule has 3 rings (SSSR count). The smallest absolute Gasteiger partial charge is 0.331 e. The number of carbonyl (C=O) groups is 2. The molecule has 1 aliphatic heterocycles. The van der Waals surface area contributed by atoms with E-state index in [9.17, 15) is 23.3 Å². The molecule has 1 N–H and O–H groups in total. The Morgan fingerprint density at radius 3 is 2.35 bits per heavy atom. The van der Waals surface area contributed by atoms with Gasteiger partial charge in [-0.3, -0.25) is 4.79 Å². The van der Waals surface area contributed by atoms with Crippen molar-refractivity contribution in [3.8, 4) is 6.07 Å². The van der Waals surface area contributed by atoms with Gasteiger partial charge < -0.3 is 10.1 Å². The van der Waals surface area contributed by atoms with E-state index in [1.54, 1.807) is 12.1 Å².